The Hall–Kier alpha value is -2.02. The van der Waals surface area contributed by atoms with E-state index in [1.807, 2.05) is 0 Å². The highest BCUT2D eigenvalue weighted by atomic mass is 16.4. The molecule has 0 spiro atoms. The number of urea groups is 1. The number of rotatable bonds is 5. The highest BCUT2D eigenvalue weighted by Gasteiger charge is 2.25. The van der Waals surface area contributed by atoms with Gasteiger partial charge in [0, 0.05) is 0 Å². The van der Waals surface area contributed by atoms with E-state index in [4.69, 9.17) is 9.52 Å². The lowest BCUT2D eigenvalue weighted by Gasteiger charge is -2.19. The number of aliphatic hydroxyl groups is 1. The minimum absolute atomic E-state index is 0.405. The summed E-state index contributed by atoms with van der Waals surface area (Å²) in [6.07, 6.45) is -1.19. The van der Waals surface area contributed by atoms with Gasteiger partial charge in [-0.25, -0.2) is 9.59 Å². The monoisotopic (exact) mass is 270 g/mol. The Morgan fingerprint density at radius 2 is 1.89 bits per heavy atom. The topological polar surface area (TPSA) is 112 Å². The first-order valence-electron chi connectivity index (χ1n) is 5.85. The summed E-state index contributed by atoms with van der Waals surface area (Å²) in [5.41, 5.74) is 0. The molecule has 1 aromatic rings. The molecule has 0 bridgehead atoms. The predicted octanol–water partition coefficient (Wildman–Crippen LogP) is 0.782. The summed E-state index contributed by atoms with van der Waals surface area (Å²) in [4.78, 5) is 22.4. The fourth-order valence-electron chi connectivity index (χ4n) is 1.53. The first-order chi connectivity index (χ1) is 8.81. The number of nitrogens with one attached hydrogen (secondary N) is 2. The van der Waals surface area contributed by atoms with Crippen molar-refractivity contribution in [2.24, 2.45) is 0 Å². The van der Waals surface area contributed by atoms with Crippen LogP contribution in [0.1, 0.15) is 31.4 Å². The van der Waals surface area contributed by atoms with Gasteiger partial charge >= 0.3 is 12.0 Å². The van der Waals surface area contributed by atoms with Crippen LogP contribution in [0.15, 0.2) is 16.5 Å². The molecule has 0 saturated heterocycles. The summed E-state index contributed by atoms with van der Waals surface area (Å²) < 4.78 is 5.34. The van der Waals surface area contributed by atoms with Crippen molar-refractivity contribution in [1.82, 2.24) is 10.6 Å². The van der Waals surface area contributed by atoms with E-state index in [9.17, 15) is 14.7 Å². The zero-order valence-electron chi connectivity index (χ0n) is 11.0. The minimum Gasteiger partial charge on any atom is -0.480 e. The second-order valence-corrected chi connectivity index (χ2v) is 4.34. The summed E-state index contributed by atoms with van der Waals surface area (Å²) in [6, 6.07) is 1.04. The fourth-order valence-corrected chi connectivity index (χ4v) is 1.53. The molecule has 0 aromatic carbocycles. The number of carbonyl (C=O) groups excluding carboxylic acids is 1. The lowest BCUT2D eigenvalue weighted by molar-refractivity contribution is -0.141. The fraction of sp³-hybridized carbons (Fsp3) is 0.500. The van der Waals surface area contributed by atoms with Gasteiger partial charge in [0.1, 0.15) is 11.5 Å². The van der Waals surface area contributed by atoms with Gasteiger partial charge in [-0.1, -0.05) is 0 Å². The van der Waals surface area contributed by atoms with E-state index >= 15 is 0 Å². The van der Waals surface area contributed by atoms with Crippen molar-refractivity contribution in [1.29, 1.82) is 0 Å². The standard InChI is InChI=1S/C12H18N2O5/c1-6-4-5-9(19-6)7(2)13-12(18)14-10(8(3)15)11(16)17/h4-5,7-8,10,15H,1-3H3,(H,16,17)(H2,13,14,18)/t7?,8-,10+/m1/s1. The van der Waals surface area contributed by atoms with Crippen molar-refractivity contribution < 1.29 is 24.2 Å². The molecular formula is C12H18N2O5. The molecule has 3 atom stereocenters. The van der Waals surface area contributed by atoms with Crippen LogP contribution in [0.2, 0.25) is 0 Å². The van der Waals surface area contributed by atoms with Gasteiger partial charge in [0.2, 0.25) is 0 Å². The van der Waals surface area contributed by atoms with Crippen LogP contribution in [-0.2, 0) is 4.79 Å². The Labute approximate surface area is 110 Å². The van der Waals surface area contributed by atoms with E-state index in [1.165, 1.54) is 6.92 Å². The highest BCUT2D eigenvalue weighted by molar-refractivity contribution is 5.83. The van der Waals surface area contributed by atoms with Crippen LogP contribution in [0.3, 0.4) is 0 Å². The van der Waals surface area contributed by atoms with Crippen molar-refractivity contribution in [3.63, 3.8) is 0 Å². The van der Waals surface area contributed by atoms with Gasteiger partial charge in [0.15, 0.2) is 6.04 Å². The molecule has 1 heterocycles. The molecular weight excluding hydrogens is 252 g/mol. The third-order valence-corrected chi connectivity index (χ3v) is 2.57. The van der Waals surface area contributed by atoms with Crippen molar-refractivity contribution in [3.05, 3.63) is 23.7 Å². The largest absolute Gasteiger partial charge is 0.480 e. The molecule has 106 valence electrons. The van der Waals surface area contributed by atoms with E-state index in [0.717, 1.165) is 5.76 Å². The Bertz CT molecular complexity index is 455. The summed E-state index contributed by atoms with van der Waals surface area (Å²) in [6.45, 7) is 4.78. The van der Waals surface area contributed by atoms with E-state index in [2.05, 4.69) is 10.6 Å². The summed E-state index contributed by atoms with van der Waals surface area (Å²) in [5.74, 6) is -0.0142. The zero-order chi connectivity index (χ0) is 14.6. The van der Waals surface area contributed by atoms with Gasteiger partial charge in [-0.3, -0.25) is 0 Å². The van der Waals surface area contributed by atoms with E-state index in [1.54, 1.807) is 26.0 Å². The number of carbonyl (C=O) groups is 2. The van der Waals surface area contributed by atoms with Crippen LogP contribution in [0.25, 0.3) is 0 Å². The van der Waals surface area contributed by atoms with Gasteiger partial charge in [0.25, 0.3) is 0 Å². The molecule has 0 fully saturated rings. The van der Waals surface area contributed by atoms with Gasteiger partial charge in [-0.05, 0) is 32.9 Å². The average Bonchev–Trinajstić information content (AvgIpc) is 2.72. The number of furan rings is 1. The van der Waals surface area contributed by atoms with Crippen LogP contribution >= 0.6 is 0 Å². The molecule has 0 aliphatic carbocycles. The normalized spacial score (nSPS) is 15.4. The zero-order valence-corrected chi connectivity index (χ0v) is 11.0. The van der Waals surface area contributed by atoms with E-state index in [-0.39, 0.29) is 0 Å². The lowest BCUT2D eigenvalue weighted by Crippen LogP contribution is -2.51. The molecule has 7 nitrogen and oxygen atoms in total. The van der Waals surface area contributed by atoms with Crippen molar-refractivity contribution in [3.8, 4) is 0 Å². The molecule has 0 aliphatic rings. The van der Waals surface area contributed by atoms with E-state index in [0.29, 0.717) is 5.76 Å². The molecule has 0 saturated carbocycles. The first kappa shape index (κ1) is 15.0. The number of amides is 2. The third kappa shape index (κ3) is 4.29. The lowest BCUT2D eigenvalue weighted by atomic mass is 10.2. The highest BCUT2D eigenvalue weighted by Crippen LogP contribution is 2.15. The number of carboxylic acid groups (broad SMARTS) is 1. The SMILES string of the molecule is Cc1ccc(C(C)NC(=O)N[C@H](C(=O)O)[C@@H](C)O)o1. The maximum Gasteiger partial charge on any atom is 0.328 e. The quantitative estimate of drug-likeness (QED) is 0.631. The Morgan fingerprint density at radius 3 is 2.32 bits per heavy atom. The summed E-state index contributed by atoms with van der Waals surface area (Å²) in [5, 5.41) is 22.8. The average molecular weight is 270 g/mol. The minimum atomic E-state index is -1.36. The second-order valence-electron chi connectivity index (χ2n) is 4.34. The Balaban J connectivity index is 2.57. The number of hydrogen-bond acceptors (Lipinski definition) is 4. The predicted molar refractivity (Wildman–Crippen MR) is 66.6 cm³/mol. The molecule has 7 heteroatoms. The van der Waals surface area contributed by atoms with Crippen LogP contribution in [0.5, 0.6) is 0 Å². The van der Waals surface area contributed by atoms with Gasteiger partial charge in [-0.15, -0.1) is 0 Å². The number of aliphatic hydroxyl groups excluding tert-OH is 1. The molecule has 4 N–H and O–H groups in total. The molecule has 19 heavy (non-hydrogen) atoms. The van der Waals surface area contributed by atoms with Crippen LogP contribution in [-0.4, -0.2) is 34.4 Å². The van der Waals surface area contributed by atoms with Gasteiger partial charge in [0.05, 0.1) is 12.1 Å². The molecule has 1 rings (SSSR count). The van der Waals surface area contributed by atoms with Crippen LogP contribution < -0.4 is 10.6 Å². The smallest absolute Gasteiger partial charge is 0.328 e. The maximum absolute atomic E-state index is 11.6. The summed E-state index contributed by atoms with van der Waals surface area (Å²) >= 11 is 0. The van der Waals surface area contributed by atoms with Gasteiger partial charge < -0.3 is 25.3 Å². The Morgan fingerprint density at radius 1 is 1.26 bits per heavy atom. The molecule has 1 unspecified atom stereocenters. The number of carboxylic acids is 1. The second kappa shape index (κ2) is 6.24. The summed E-state index contributed by atoms with van der Waals surface area (Å²) in [7, 11) is 0. The molecule has 0 radical (unpaired) electrons. The number of aliphatic carboxylic acids is 1. The number of hydrogen-bond donors (Lipinski definition) is 4. The Kier molecular flexibility index (Phi) is 4.94. The van der Waals surface area contributed by atoms with Crippen LogP contribution in [0, 0.1) is 6.92 Å². The van der Waals surface area contributed by atoms with E-state index < -0.39 is 30.2 Å². The third-order valence-electron chi connectivity index (χ3n) is 2.57. The number of aryl methyl sites for hydroxylation is 1. The first-order valence-corrected chi connectivity index (χ1v) is 5.85. The van der Waals surface area contributed by atoms with Gasteiger partial charge in [-0.2, -0.15) is 0 Å². The van der Waals surface area contributed by atoms with Crippen molar-refractivity contribution in [2.45, 2.75) is 39.0 Å². The maximum atomic E-state index is 11.6. The molecule has 1 aromatic heterocycles. The van der Waals surface area contributed by atoms with Crippen molar-refractivity contribution >= 4 is 12.0 Å². The molecule has 2 amide bonds. The molecule has 0 aliphatic heterocycles. The van der Waals surface area contributed by atoms with Crippen molar-refractivity contribution in [2.75, 3.05) is 0 Å². The van der Waals surface area contributed by atoms with Crippen LogP contribution in [0.4, 0.5) is 4.79 Å².